The summed E-state index contributed by atoms with van der Waals surface area (Å²) >= 11 is 0. The second-order valence-corrected chi connectivity index (χ2v) is 10.7. The molecular weight excluding hydrogens is 544 g/mol. The first kappa shape index (κ1) is 29.6. The molecule has 4 aromatic heterocycles. The van der Waals surface area contributed by atoms with Gasteiger partial charge in [0.2, 0.25) is 0 Å². The van der Waals surface area contributed by atoms with E-state index in [4.69, 9.17) is 19.2 Å². The second kappa shape index (κ2) is 13.4. The number of hydrogen-bond donors (Lipinski definition) is 1. The molecule has 0 aliphatic carbocycles. The topological polar surface area (TPSA) is 129 Å². The Labute approximate surface area is 249 Å². The summed E-state index contributed by atoms with van der Waals surface area (Å²) in [5, 5.41) is 3.84. The first-order valence-electron chi connectivity index (χ1n) is 14.7. The third-order valence-corrected chi connectivity index (χ3v) is 7.19. The van der Waals surface area contributed by atoms with Crippen LogP contribution in [0.1, 0.15) is 75.5 Å². The second-order valence-electron chi connectivity index (χ2n) is 10.7. The number of pyridine rings is 2. The molecule has 0 atom stereocenters. The summed E-state index contributed by atoms with van der Waals surface area (Å²) in [5.74, 6) is 1.59. The number of nitrogens with one attached hydrogen (secondary N) is 1. The molecule has 1 N–H and O–H groups in total. The van der Waals surface area contributed by atoms with Crippen LogP contribution in [0.3, 0.4) is 0 Å². The van der Waals surface area contributed by atoms with Crippen molar-refractivity contribution >= 4 is 0 Å². The van der Waals surface area contributed by atoms with E-state index in [-0.39, 0.29) is 11.5 Å². The quantitative estimate of drug-likeness (QED) is 0.181. The molecule has 5 rings (SSSR count). The molecular formula is C33H36N6O4. The predicted molar refractivity (Wildman–Crippen MR) is 165 cm³/mol. The number of aromatic nitrogens is 6. The maximum absolute atomic E-state index is 14.2. The first-order valence-corrected chi connectivity index (χ1v) is 14.7. The fraction of sp³-hybridized carbons (Fsp3) is 0.333. The van der Waals surface area contributed by atoms with Crippen LogP contribution < -0.4 is 16.1 Å². The van der Waals surface area contributed by atoms with Gasteiger partial charge in [0.1, 0.15) is 17.4 Å². The monoisotopic (exact) mass is 580 g/mol. The minimum absolute atomic E-state index is 0.0146. The molecule has 0 amide bonds. The van der Waals surface area contributed by atoms with E-state index in [2.05, 4.69) is 22.0 Å². The summed E-state index contributed by atoms with van der Waals surface area (Å²) in [6.45, 7) is 8.69. The minimum Gasteiger partial charge on any atom is -0.492 e. The van der Waals surface area contributed by atoms with Gasteiger partial charge >= 0.3 is 5.76 Å². The Morgan fingerprint density at radius 1 is 0.953 bits per heavy atom. The highest BCUT2D eigenvalue weighted by Crippen LogP contribution is 2.29. The van der Waals surface area contributed by atoms with Crippen LogP contribution in [-0.4, -0.2) is 36.3 Å². The van der Waals surface area contributed by atoms with Gasteiger partial charge in [-0.05, 0) is 43.5 Å². The third-order valence-electron chi connectivity index (χ3n) is 7.19. The Balaban J connectivity index is 1.54. The number of hydrogen-bond acceptors (Lipinski definition) is 8. The Morgan fingerprint density at radius 2 is 1.77 bits per heavy atom. The third kappa shape index (κ3) is 6.63. The van der Waals surface area contributed by atoms with Crippen molar-refractivity contribution in [1.82, 2.24) is 29.7 Å². The standard InChI is InChI=1S/C33H36N6O4/c1-5-7-8-13-28-26(32(40)39(31(36-28)21(3)4)29-17-15-23(20-35-29)42-6-2)18-22-14-16-27(34-19-22)24-11-9-10-12-25(24)30-37-33(41)43-38-30/h9-12,14-17,19-21H,5-8,13,18H2,1-4H3,(H,37,38,41). The lowest BCUT2D eigenvalue weighted by Crippen LogP contribution is -2.30. The molecule has 5 aromatic rings. The average molecular weight is 581 g/mol. The van der Waals surface area contributed by atoms with Crippen molar-refractivity contribution in [1.29, 1.82) is 0 Å². The zero-order valence-corrected chi connectivity index (χ0v) is 25.0. The van der Waals surface area contributed by atoms with E-state index in [0.717, 1.165) is 42.5 Å². The largest absolute Gasteiger partial charge is 0.492 e. The summed E-state index contributed by atoms with van der Waals surface area (Å²) in [6.07, 6.45) is 7.63. The van der Waals surface area contributed by atoms with Crippen LogP contribution in [0.5, 0.6) is 5.75 Å². The molecule has 0 aliphatic heterocycles. The van der Waals surface area contributed by atoms with Gasteiger partial charge in [0.05, 0.1) is 24.2 Å². The smallest absolute Gasteiger partial charge is 0.439 e. The zero-order chi connectivity index (χ0) is 30.3. The van der Waals surface area contributed by atoms with Gasteiger partial charge in [-0.25, -0.2) is 19.3 Å². The predicted octanol–water partition coefficient (Wildman–Crippen LogP) is 5.88. The highest BCUT2D eigenvalue weighted by molar-refractivity contribution is 5.78. The normalized spacial score (nSPS) is 11.3. The number of benzene rings is 1. The average Bonchev–Trinajstić information content (AvgIpc) is 3.45. The van der Waals surface area contributed by atoms with Crippen LogP contribution in [0.4, 0.5) is 0 Å². The Bertz CT molecular complexity index is 1790. The van der Waals surface area contributed by atoms with Crippen LogP contribution in [-0.2, 0) is 12.8 Å². The molecule has 1 aromatic carbocycles. The Kier molecular flexibility index (Phi) is 9.24. The maximum Gasteiger partial charge on any atom is 0.439 e. The van der Waals surface area contributed by atoms with Gasteiger partial charge in [-0.1, -0.05) is 69.1 Å². The molecule has 43 heavy (non-hydrogen) atoms. The molecule has 0 aliphatic rings. The van der Waals surface area contributed by atoms with Crippen molar-refractivity contribution in [2.24, 2.45) is 0 Å². The van der Waals surface area contributed by atoms with Gasteiger partial charge in [0.15, 0.2) is 5.82 Å². The summed E-state index contributed by atoms with van der Waals surface area (Å²) in [5.41, 5.74) is 4.44. The van der Waals surface area contributed by atoms with Gasteiger partial charge < -0.3 is 4.74 Å². The van der Waals surface area contributed by atoms with Crippen LogP contribution in [0.25, 0.3) is 28.5 Å². The zero-order valence-electron chi connectivity index (χ0n) is 25.0. The maximum atomic E-state index is 14.2. The lowest BCUT2D eigenvalue weighted by Gasteiger charge is -2.19. The molecule has 0 unspecified atom stereocenters. The SMILES string of the molecule is CCCCCc1nc(C(C)C)n(-c2ccc(OCC)cn2)c(=O)c1Cc1ccc(-c2ccccc2-c2noc(=O)[nH]2)nc1. The fourth-order valence-electron chi connectivity index (χ4n) is 5.06. The molecule has 10 heteroatoms. The first-order chi connectivity index (χ1) is 20.9. The Hall–Kier alpha value is -4.86. The number of aromatic amines is 1. The van der Waals surface area contributed by atoms with Gasteiger partial charge in [0, 0.05) is 35.2 Å². The van der Waals surface area contributed by atoms with E-state index in [1.54, 1.807) is 23.0 Å². The number of H-pyrrole nitrogens is 1. The molecule has 4 heterocycles. The molecule has 0 bridgehead atoms. The minimum atomic E-state index is -0.619. The highest BCUT2D eigenvalue weighted by Gasteiger charge is 2.21. The number of nitrogens with zero attached hydrogens (tertiary/aromatic N) is 5. The highest BCUT2D eigenvalue weighted by atomic mass is 16.5. The van der Waals surface area contributed by atoms with Crippen LogP contribution in [0.2, 0.25) is 0 Å². The van der Waals surface area contributed by atoms with E-state index in [0.29, 0.717) is 53.1 Å². The van der Waals surface area contributed by atoms with Crippen molar-refractivity contribution in [3.8, 4) is 34.2 Å². The number of aryl methyl sites for hydroxylation is 1. The number of unbranched alkanes of at least 4 members (excludes halogenated alkanes) is 2. The molecule has 0 saturated carbocycles. The van der Waals surface area contributed by atoms with Crippen molar-refractivity contribution in [3.63, 3.8) is 0 Å². The van der Waals surface area contributed by atoms with E-state index >= 15 is 0 Å². The van der Waals surface area contributed by atoms with Gasteiger partial charge in [-0.15, -0.1) is 0 Å². The van der Waals surface area contributed by atoms with E-state index in [1.165, 1.54) is 0 Å². The van der Waals surface area contributed by atoms with Crippen molar-refractivity contribution in [2.45, 2.75) is 65.7 Å². The number of rotatable bonds is 12. The van der Waals surface area contributed by atoms with E-state index < -0.39 is 5.76 Å². The number of ether oxygens (including phenoxy) is 1. The van der Waals surface area contributed by atoms with Crippen LogP contribution in [0.15, 0.2) is 75.0 Å². The van der Waals surface area contributed by atoms with Gasteiger partial charge in [-0.2, -0.15) is 0 Å². The van der Waals surface area contributed by atoms with Crippen LogP contribution >= 0.6 is 0 Å². The molecule has 0 fully saturated rings. The fourth-order valence-corrected chi connectivity index (χ4v) is 5.06. The molecule has 0 saturated heterocycles. The molecule has 0 spiro atoms. The van der Waals surface area contributed by atoms with Crippen molar-refractivity contribution in [2.75, 3.05) is 6.61 Å². The van der Waals surface area contributed by atoms with Gasteiger partial charge in [0.25, 0.3) is 5.56 Å². The molecule has 10 nitrogen and oxygen atoms in total. The summed E-state index contributed by atoms with van der Waals surface area (Å²) < 4.78 is 11.9. The Morgan fingerprint density at radius 3 is 2.40 bits per heavy atom. The van der Waals surface area contributed by atoms with E-state index in [9.17, 15) is 9.59 Å². The lowest BCUT2D eigenvalue weighted by atomic mass is 9.99. The summed E-state index contributed by atoms with van der Waals surface area (Å²) in [4.78, 5) is 42.7. The van der Waals surface area contributed by atoms with Crippen LogP contribution in [0, 0.1) is 0 Å². The van der Waals surface area contributed by atoms with Crippen molar-refractivity contribution < 1.29 is 9.26 Å². The summed E-state index contributed by atoms with van der Waals surface area (Å²) in [6, 6.07) is 15.0. The molecule has 0 radical (unpaired) electrons. The van der Waals surface area contributed by atoms with Gasteiger partial charge in [-0.3, -0.25) is 19.3 Å². The lowest BCUT2D eigenvalue weighted by molar-refractivity contribution is 0.338. The summed E-state index contributed by atoms with van der Waals surface area (Å²) in [7, 11) is 0. The van der Waals surface area contributed by atoms with E-state index in [1.807, 2.05) is 63.2 Å². The van der Waals surface area contributed by atoms with Crippen molar-refractivity contribution in [3.05, 3.63) is 104 Å². The molecule has 222 valence electrons.